The van der Waals surface area contributed by atoms with Crippen molar-refractivity contribution in [2.24, 2.45) is 14.1 Å². The van der Waals surface area contributed by atoms with Crippen LogP contribution < -0.4 is 10.6 Å². The van der Waals surface area contributed by atoms with Gasteiger partial charge < -0.3 is 10.6 Å². The van der Waals surface area contributed by atoms with E-state index in [0.29, 0.717) is 24.5 Å². The van der Waals surface area contributed by atoms with Crippen LogP contribution in [-0.2, 0) is 32.0 Å². The van der Waals surface area contributed by atoms with Gasteiger partial charge in [0, 0.05) is 44.5 Å². The maximum Gasteiger partial charge on any atom is 0.271 e. The van der Waals surface area contributed by atoms with Gasteiger partial charge in [-0.05, 0) is 29.5 Å². The number of anilines is 1. The molecule has 0 saturated carbocycles. The lowest BCUT2D eigenvalue weighted by molar-refractivity contribution is -0.116. The fourth-order valence-electron chi connectivity index (χ4n) is 2.70. The van der Waals surface area contributed by atoms with E-state index in [9.17, 15) is 9.59 Å². The molecule has 0 radical (unpaired) electrons. The fraction of sp³-hybridized carbons (Fsp3) is 0.353. The van der Waals surface area contributed by atoms with Crippen LogP contribution in [0.4, 0.5) is 5.69 Å². The van der Waals surface area contributed by atoms with Gasteiger partial charge >= 0.3 is 0 Å². The Kier molecular flexibility index (Phi) is 6.11. The Morgan fingerprint density at radius 3 is 2.57 bits per heavy atom. The van der Waals surface area contributed by atoms with Crippen LogP contribution in [0.15, 0.2) is 24.8 Å². The maximum absolute atomic E-state index is 12.6. The summed E-state index contributed by atoms with van der Waals surface area (Å²) in [6.07, 6.45) is 6.98. The average Bonchev–Trinajstić information content (AvgIpc) is 3.32. The number of carbonyl (C=O) groups excluding carboxylic acids is 2. The Morgan fingerprint density at radius 2 is 1.93 bits per heavy atom. The lowest BCUT2D eigenvalue weighted by atomic mass is 10.3. The number of rotatable bonds is 7. The van der Waals surface area contributed by atoms with Crippen LogP contribution in [0.3, 0.4) is 0 Å². The second kappa shape index (κ2) is 8.54. The van der Waals surface area contributed by atoms with E-state index in [0.717, 1.165) is 14.8 Å². The highest BCUT2D eigenvalue weighted by atomic mass is 127. The van der Waals surface area contributed by atoms with Crippen molar-refractivity contribution in [2.45, 2.75) is 26.4 Å². The third-order valence-electron chi connectivity index (χ3n) is 4.23. The highest BCUT2D eigenvalue weighted by Crippen LogP contribution is 2.15. The molecule has 0 aliphatic rings. The maximum atomic E-state index is 12.6. The highest BCUT2D eigenvalue weighted by molar-refractivity contribution is 14.1. The van der Waals surface area contributed by atoms with E-state index in [1.807, 2.05) is 20.2 Å². The van der Waals surface area contributed by atoms with E-state index in [2.05, 4.69) is 48.5 Å². The number of nitrogens with one attached hydrogen (secondary N) is 2. The molecule has 0 unspecified atom stereocenters. The van der Waals surface area contributed by atoms with Gasteiger partial charge in [0.1, 0.15) is 5.69 Å². The van der Waals surface area contributed by atoms with E-state index in [4.69, 9.17) is 0 Å². The normalized spacial score (nSPS) is 10.9. The van der Waals surface area contributed by atoms with Crippen molar-refractivity contribution in [2.75, 3.05) is 5.32 Å². The third-order valence-corrected chi connectivity index (χ3v) is 5.29. The molecule has 0 aliphatic carbocycles. The van der Waals surface area contributed by atoms with Gasteiger partial charge in [0.25, 0.3) is 5.91 Å². The van der Waals surface area contributed by atoms with Gasteiger partial charge in [-0.3, -0.25) is 23.6 Å². The zero-order valence-corrected chi connectivity index (χ0v) is 18.0. The number of amides is 2. The number of aryl methyl sites for hydroxylation is 3. The average molecular weight is 496 g/mol. The summed E-state index contributed by atoms with van der Waals surface area (Å²) in [5.41, 5.74) is 2.57. The molecule has 0 saturated heterocycles. The predicted octanol–water partition coefficient (Wildman–Crippen LogP) is 1.22. The molecule has 28 heavy (non-hydrogen) atoms. The predicted molar refractivity (Wildman–Crippen MR) is 111 cm³/mol. The van der Waals surface area contributed by atoms with Gasteiger partial charge in [-0.1, -0.05) is 0 Å². The van der Waals surface area contributed by atoms with E-state index in [-0.39, 0.29) is 18.2 Å². The third kappa shape index (κ3) is 4.58. The Labute approximate surface area is 175 Å². The number of hydrogen-bond acceptors (Lipinski definition) is 5. The summed E-state index contributed by atoms with van der Waals surface area (Å²) in [4.78, 5) is 24.9. The number of nitrogens with zero attached hydrogens (tertiary/aromatic N) is 6. The van der Waals surface area contributed by atoms with Crippen molar-refractivity contribution in [3.05, 3.63) is 45.3 Å². The monoisotopic (exact) mass is 496 g/mol. The highest BCUT2D eigenvalue weighted by Gasteiger charge is 2.19. The Bertz CT molecular complexity index is 1000. The summed E-state index contributed by atoms with van der Waals surface area (Å²) in [5.74, 6) is -0.532. The first-order chi connectivity index (χ1) is 13.3. The summed E-state index contributed by atoms with van der Waals surface area (Å²) in [7, 11) is 3.47. The summed E-state index contributed by atoms with van der Waals surface area (Å²) < 4.78 is 5.94. The lowest BCUT2D eigenvalue weighted by Gasteiger charge is -2.09. The van der Waals surface area contributed by atoms with E-state index in [1.54, 1.807) is 28.8 Å². The van der Waals surface area contributed by atoms with Crippen LogP contribution in [0.2, 0.25) is 0 Å². The van der Waals surface area contributed by atoms with Crippen molar-refractivity contribution >= 4 is 40.1 Å². The van der Waals surface area contributed by atoms with Gasteiger partial charge in [-0.15, -0.1) is 0 Å². The summed E-state index contributed by atoms with van der Waals surface area (Å²) >= 11 is 2.20. The van der Waals surface area contributed by atoms with Crippen LogP contribution in [-0.4, -0.2) is 41.2 Å². The molecule has 3 heterocycles. The topological polar surface area (TPSA) is 112 Å². The molecule has 0 bridgehead atoms. The molecule has 0 atom stereocenters. The first-order valence-electron chi connectivity index (χ1n) is 8.60. The molecule has 2 N–H and O–H groups in total. The van der Waals surface area contributed by atoms with Crippen molar-refractivity contribution < 1.29 is 9.59 Å². The van der Waals surface area contributed by atoms with Crippen molar-refractivity contribution in [3.8, 4) is 0 Å². The molecule has 10 nitrogen and oxygen atoms in total. The van der Waals surface area contributed by atoms with E-state index >= 15 is 0 Å². The lowest BCUT2D eigenvalue weighted by Crippen LogP contribution is -2.27. The molecule has 3 aromatic heterocycles. The molecule has 148 valence electrons. The number of hydrogen-bond donors (Lipinski definition) is 2. The van der Waals surface area contributed by atoms with Gasteiger partial charge in [-0.25, -0.2) is 0 Å². The quantitative estimate of drug-likeness (QED) is 0.478. The van der Waals surface area contributed by atoms with Crippen LogP contribution in [0, 0.1) is 10.5 Å². The molecule has 0 spiro atoms. The minimum atomic E-state index is -0.323. The van der Waals surface area contributed by atoms with Gasteiger partial charge in [0.2, 0.25) is 5.91 Å². The SMILES string of the molecule is Cc1c(I)cnn1CCC(=O)Nc1cnn(C)c1C(=O)NCc1cnn(C)c1. The summed E-state index contributed by atoms with van der Waals surface area (Å²) in [6.45, 7) is 2.75. The zero-order valence-electron chi connectivity index (χ0n) is 15.8. The van der Waals surface area contributed by atoms with Crippen LogP contribution in [0.25, 0.3) is 0 Å². The van der Waals surface area contributed by atoms with Crippen LogP contribution in [0.5, 0.6) is 0 Å². The molecule has 0 aliphatic heterocycles. The van der Waals surface area contributed by atoms with E-state index in [1.165, 1.54) is 10.9 Å². The molecule has 2 amide bonds. The largest absolute Gasteiger partial charge is 0.346 e. The number of carbonyl (C=O) groups is 2. The Balaban J connectivity index is 1.60. The molecule has 0 fully saturated rings. The molecular formula is C17H21IN8O2. The molecule has 3 rings (SSSR count). The number of aromatic nitrogens is 6. The Hall–Kier alpha value is -2.70. The summed E-state index contributed by atoms with van der Waals surface area (Å²) in [5, 5.41) is 18.0. The smallest absolute Gasteiger partial charge is 0.271 e. The van der Waals surface area contributed by atoms with Gasteiger partial charge in [-0.2, -0.15) is 15.3 Å². The molecule has 3 aromatic rings. The van der Waals surface area contributed by atoms with Crippen molar-refractivity contribution in [3.63, 3.8) is 0 Å². The minimum Gasteiger partial charge on any atom is -0.346 e. The van der Waals surface area contributed by atoms with Crippen LogP contribution >= 0.6 is 22.6 Å². The minimum absolute atomic E-state index is 0.209. The molecule has 11 heteroatoms. The van der Waals surface area contributed by atoms with Gasteiger partial charge in [0.05, 0.1) is 34.4 Å². The first kappa shape index (κ1) is 20.0. The van der Waals surface area contributed by atoms with Crippen molar-refractivity contribution in [1.82, 2.24) is 34.7 Å². The van der Waals surface area contributed by atoms with Crippen molar-refractivity contribution in [1.29, 1.82) is 0 Å². The molecular weight excluding hydrogens is 475 g/mol. The molecule has 0 aromatic carbocycles. The zero-order chi connectivity index (χ0) is 20.3. The van der Waals surface area contributed by atoms with Gasteiger partial charge in [0.15, 0.2) is 0 Å². The second-order valence-electron chi connectivity index (χ2n) is 6.33. The standard InChI is InChI=1S/C17H21IN8O2/c1-11-13(18)8-22-26(11)5-4-15(27)23-14-9-21-25(3)16(14)17(28)19-6-12-7-20-24(2)10-12/h7-10H,4-6H2,1-3H3,(H,19,28)(H,23,27). The van der Waals surface area contributed by atoms with Crippen LogP contribution in [0.1, 0.15) is 28.2 Å². The summed E-state index contributed by atoms with van der Waals surface area (Å²) in [6, 6.07) is 0. The second-order valence-corrected chi connectivity index (χ2v) is 7.50. The Morgan fingerprint density at radius 1 is 1.14 bits per heavy atom. The number of halogens is 1. The fourth-order valence-corrected chi connectivity index (χ4v) is 3.10. The van der Waals surface area contributed by atoms with E-state index < -0.39 is 0 Å². The first-order valence-corrected chi connectivity index (χ1v) is 9.68.